The highest BCUT2D eigenvalue weighted by Crippen LogP contribution is 2.33. The van der Waals surface area contributed by atoms with E-state index >= 15 is 0 Å². The summed E-state index contributed by atoms with van der Waals surface area (Å²) in [5.74, 6) is -0.147. The predicted molar refractivity (Wildman–Crippen MR) is 109 cm³/mol. The number of imide groups is 1. The lowest BCUT2D eigenvalue weighted by molar-refractivity contribution is -0.136. The van der Waals surface area contributed by atoms with E-state index in [1.165, 1.54) is 6.42 Å². The minimum absolute atomic E-state index is 0.119. The van der Waals surface area contributed by atoms with E-state index in [0.717, 1.165) is 24.1 Å². The molecule has 4 unspecified atom stereocenters. The quantitative estimate of drug-likeness (QED) is 0.748. The standard InChI is InChI=1S/C22H30N4O3/c1-13-6-7-16(10-23)25(14(13)2)11-15-4-3-5-17-18(15)12-26(22(17)29)19-8-9-20(27)24-21(19)28/h3-5,13-14,16,19H,6-12,23H2,1-2H3,(H,24,27,28). The van der Waals surface area contributed by atoms with Gasteiger partial charge in [-0.2, -0.15) is 0 Å². The smallest absolute Gasteiger partial charge is 0.255 e. The number of fused-ring (bicyclic) bond motifs is 1. The molecule has 4 rings (SSSR count). The van der Waals surface area contributed by atoms with Crippen molar-refractivity contribution in [2.24, 2.45) is 11.7 Å². The lowest BCUT2D eigenvalue weighted by Crippen LogP contribution is -2.52. The van der Waals surface area contributed by atoms with Gasteiger partial charge in [0, 0.05) is 43.7 Å². The van der Waals surface area contributed by atoms with Crippen LogP contribution < -0.4 is 11.1 Å². The summed E-state index contributed by atoms with van der Waals surface area (Å²) < 4.78 is 0. The molecule has 2 fully saturated rings. The number of hydrogen-bond donors (Lipinski definition) is 2. The Morgan fingerprint density at radius 2 is 1.93 bits per heavy atom. The van der Waals surface area contributed by atoms with Crippen LogP contribution in [0.1, 0.15) is 61.0 Å². The largest absolute Gasteiger partial charge is 0.329 e. The Labute approximate surface area is 171 Å². The first-order chi connectivity index (χ1) is 13.9. The lowest BCUT2D eigenvalue weighted by atomic mass is 9.86. The van der Waals surface area contributed by atoms with Gasteiger partial charge in [0.1, 0.15) is 6.04 Å². The summed E-state index contributed by atoms with van der Waals surface area (Å²) >= 11 is 0. The van der Waals surface area contributed by atoms with Gasteiger partial charge in [-0.25, -0.2) is 0 Å². The van der Waals surface area contributed by atoms with Crippen LogP contribution in [-0.4, -0.2) is 52.2 Å². The van der Waals surface area contributed by atoms with Gasteiger partial charge in [-0.1, -0.05) is 19.1 Å². The van der Waals surface area contributed by atoms with Gasteiger partial charge < -0.3 is 10.6 Å². The normalized spacial score (nSPS) is 30.4. The van der Waals surface area contributed by atoms with Crippen LogP contribution in [-0.2, 0) is 22.7 Å². The van der Waals surface area contributed by atoms with Crippen molar-refractivity contribution in [2.75, 3.05) is 6.54 Å². The molecule has 3 amide bonds. The SMILES string of the molecule is CC1CCC(CN)N(Cc2cccc3c2CN(C2CCC(=O)NC2=O)C3=O)C1C. The highest BCUT2D eigenvalue weighted by Gasteiger charge is 2.40. The fourth-order valence-corrected chi connectivity index (χ4v) is 5.04. The molecule has 0 aromatic heterocycles. The number of rotatable bonds is 4. The third-order valence-corrected chi connectivity index (χ3v) is 7.07. The minimum Gasteiger partial charge on any atom is -0.329 e. The molecular weight excluding hydrogens is 368 g/mol. The second-order valence-electron chi connectivity index (χ2n) is 8.70. The first-order valence-electron chi connectivity index (χ1n) is 10.6. The maximum absolute atomic E-state index is 13.0. The highest BCUT2D eigenvalue weighted by molar-refractivity contribution is 6.05. The summed E-state index contributed by atoms with van der Waals surface area (Å²) in [5.41, 5.74) is 8.87. The van der Waals surface area contributed by atoms with Crippen molar-refractivity contribution in [2.45, 2.75) is 70.7 Å². The molecule has 3 heterocycles. The van der Waals surface area contributed by atoms with Crippen LogP contribution in [0.5, 0.6) is 0 Å². The Morgan fingerprint density at radius 1 is 1.14 bits per heavy atom. The van der Waals surface area contributed by atoms with Crippen molar-refractivity contribution in [1.82, 2.24) is 15.1 Å². The number of hydrogen-bond acceptors (Lipinski definition) is 5. The van der Waals surface area contributed by atoms with Gasteiger partial charge in [0.05, 0.1) is 0 Å². The van der Waals surface area contributed by atoms with E-state index in [2.05, 4.69) is 30.1 Å². The maximum atomic E-state index is 13.0. The average molecular weight is 399 g/mol. The summed E-state index contributed by atoms with van der Waals surface area (Å²) in [6.45, 7) is 6.35. The predicted octanol–water partition coefficient (Wildman–Crippen LogP) is 1.40. The van der Waals surface area contributed by atoms with E-state index in [-0.39, 0.29) is 24.1 Å². The summed E-state index contributed by atoms with van der Waals surface area (Å²) in [6, 6.07) is 6.05. The minimum atomic E-state index is -0.578. The van der Waals surface area contributed by atoms with Crippen LogP contribution in [0.3, 0.4) is 0 Å². The molecule has 1 aromatic rings. The molecule has 0 spiro atoms. The van der Waals surface area contributed by atoms with Crippen molar-refractivity contribution in [3.63, 3.8) is 0 Å². The zero-order chi connectivity index (χ0) is 20.7. The van der Waals surface area contributed by atoms with Crippen molar-refractivity contribution in [3.8, 4) is 0 Å². The molecule has 7 nitrogen and oxygen atoms in total. The Balaban J connectivity index is 1.58. The first kappa shape index (κ1) is 20.0. The highest BCUT2D eigenvalue weighted by atomic mass is 16.2. The molecule has 156 valence electrons. The molecule has 0 saturated carbocycles. The summed E-state index contributed by atoms with van der Waals surface area (Å²) in [4.78, 5) is 40.9. The molecule has 0 aliphatic carbocycles. The molecule has 4 atom stereocenters. The van der Waals surface area contributed by atoms with Crippen LogP contribution in [0, 0.1) is 5.92 Å². The summed E-state index contributed by atoms with van der Waals surface area (Å²) in [7, 11) is 0. The van der Waals surface area contributed by atoms with Gasteiger partial charge in [0.2, 0.25) is 11.8 Å². The van der Waals surface area contributed by atoms with Crippen LogP contribution >= 0.6 is 0 Å². The Morgan fingerprint density at radius 3 is 2.66 bits per heavy atom. The molecule has 0 radical (unpaired) electrons. The van der Waals surface area contributed by atoms with Crippen molar-refractivity contribution in [3.05, 3.63) is 34.9 Å². The fourth-order valence-electron chi connectivity index (χ4n) is 5.04. The van der Waals surface area contributed by atoms with Crippen LogP contribution in [0.4, 0.5) is 0 Å². The number of piperidine rings is 2. The topological polar surface area (TPSA) is 95.7 Å². The van der Waals surface area contributed by atoms with Gasteiger partial charge in [-0.15, -0.1) is 0 Å². The van der Waals surface area contributed by atoms with Gasteiger partial charge in [0.15, 0.2) is 0 Å². The first-order valence-corrected chi connectivity index (χ1v) is 10.6. The number of carbonyl (C=O) groups excluding carboxylic acids is 3. The number of nitrogens with zero attached hydrogens (tertiary/aromatic N) is 2. The number of nitrogens with one attached hydrogen (secondary N) is 1. The van der Waals surface area contributed by atoms with E-state index in [0.29, 0.717) is 43.1 Å². The monoisotopic (exact) mass is 398 g/mol. The molecule has 0 bridgehead atoms. The molecule has 7 heteroatoms. The van der Waals surface area contributed by atoms with Crippen LogP contribution in [0.2, 0.25) is 0 Å². The van der Waals surface area contributed by atoms with Gasteiger partial charge in [0.25, 0.3) is 5.91 Å². The van der Waals surface area contributed by atoms with Gasteiger partial charge >= 0.3 is 0 Å². The van der Waals surface area contributed by atoms with Crippen LogP contribution in [0.15, 0.2) is 18.2 Å². The van der Waals surface area contributed by atoms with E-state index < -0.39 is 6.04 Å². The lowest BCUT2D eigenvalue weighted by Gasteiger charge is -2.44. The van der Waals surface area contributed by atoms with Crippen LogP contribution in [0.25, 0.3) is 0 Å². The van der Waals surface area contributed by atoms with Gasteiger partial charge in [-0.3, -0.25) is 24.6 Å². The molecule has 3 aliphatic rings. The van der Waals surface area contributed by atoms with Gasteiger partial charge in [-0.05, 0) is 49.3 Å². The number of benzene rings is 1. The average Bonchev–Trinajstić information content (AvgIpc) is 3.03. The van der Waals surface area contributed by atoms with Crippen molar-refractivity contribution in [1.29, 1.82) is 0 Å². The molecule has 29 heavy (non-hydrogen) atoms. The number of amides is 3. The number of carbonyl (C=O) groups is 3. The van der Waals surface area contributed by atoms with Crippen molar-refractivity contribution >= 4 is 17.7 Å². The second-order valence-corrected chi connectivity index (χ2v) is 8.70. The third-order valence-electron chi connectivity index (χ3n) is 7.07. The molecule has 3 N–H and O–H groups in total. The number of likely N-dealkylation sites (tertiary alicyclic amines) is 1. The van der Waals surface area contributed by atoms with E-state index in [1.54, 1.807) is 4.90 Å². The zero-order valence-corrected chi connectivity index (χ0v) is 17.2. The third kappa shape index (κ3) is 3.57. The Hall–Kier alpha value is -2.25. The second kappa shape index (κ2) is 7.88. The van der Waals surface area contributed by atoms with E-state index in [1.807, 2.05) is 12.1 Å². The molecule has 2 saturated heterocycles. The summed E-state index contributed by atoms with van der Waals surface area (Å²) in [5, 5.41) is 2.36. The summed E-state index contributed by atoms with van der Waals surface area (Å²) in [6.07, 6.45) is 2.94. The maximum Gasteiger partial charge on any atom is 0.255 e. The van der Waals surface area contributed by atoms with Crippen molar-refractivity contribution < 1.29 is 14.4 Å². The van der Waals surface area contributed by atoms with E-state index in [4.69, 9.17) is 5.73 Å². The number of nitrogens with two attached hydrogens (primary N) is 1. The fraction of sp³-hybridized carbons (Fsp3) is 0.591. The molecule has 3 aliphatic heterocycles. The Bertz CT molecular complexity index is 837. The zero-order valence-electron chi connectivity index (χ0n) is 17.2. The molecular formula is C22H30N4O3. The van der Waals surface area contributed by atoms with E-state index in [9.17, 15) is 14.4 Å². The Kier molecular flexibility index (Phi) is 5.44. The molecule has 1 aromatic carbocycles.